The molecule has 0 radical (unpaired) electrons. The van der Waals surface area contributed by atoms with Gasteiger partial charge in [-0.15, -0.1) is 0 Å². The highest BCUT2D eigenvalue weighted by Crippen LogP contribution is 2.11. The lowest BCUT2D eigenvalue weighted by Crippen LogP contribution is -2.44. The van der Waals surface area contributed by atoms with E-state index in [2.05, 4.69) is 5.10 Å². The molecule has 0 aromatic carbocycles. The molecule has 0 aliphatic heterocycles. The van der Waals surface area contributed by atoms with Crippen LogP contribution in [0.5, 0.6) is 0 Å². The number of aromatic nitrogens is 2. The molecule has 1 aromatic heterocycles. The largest absolute Gasteiger partial charge is 0.319 e. The predicted octanol–water partition coefficient (Wildman–Crippen LogP) is 1.05. The highest BCUT2D eigenvalue weighted by Gasteiger charge is 2.24. The van der Waals surface area contributed by atoms with E-state index in [1.165, 1.54) is 0 Å². The second kappa shape index (κ2) is 4.57. The van der Waals surface area contributed by atoms with E-state index >= 15 is 0 Å². The third kappa shape index (κ3) is 3.16. The van der Waals surface area contributed by atoms with Crippen LogP contribution < -0.4 is 5.73 Å². The minimum absolute atomic E-state index is 0.119. The van der Waals surface area contributed by atoms with Crippen LogP contribution in [-0.2, 0) is 18.3 Å². The van der Waals surface area contributed by atoms with Crippen molar-refractivity contribution in [2.75, 3.05) is 0 Å². The molecule has 4 nitrogen and oxygen atoms in total. The molecule has 1 atom stereocenters. The summed E-state index contributed by atoms with van der Waals surface area (Å²) >= 11 is 0. The van der Waals surface area contributed by atoms with Crippen LogP contribution in [0.1, 0.15) is 32.3 Å². The lowest BCUT2D eigenvalue weighted by atomic mass is 9.91. The lowest BCUT2D eigenvalue weighted by Gasteiger charge is -2.20. The number of nitrogens with two attached hydrogens (primary N) is 1. The van der Waals surface area contributed by atoms with Crippen molar-refractivity contribution in [3.05, 3.63) is 18.0 Å². The zero-order valence-corrected chi connectivity index (χ0v) is 9.66. The topological polar surface area (TPSA) is 60.9 Å². The van der Waals surface area contributed by atoms with Gasteiger partial charge in [0.1, 0.15) is 0 Å². The predicted molar refractivity (Wildman–Crippen MR) is 59.4 cm³/mol. The second-order valence-electron chi connectivity index (χ2n) is 4.22. The number of carbonyl (C=O) groups is 1. The highest BCUT2D eigenvalue weighted by atomic mass is 16.1. The van der Waals surface area contributed by atoms with Crippen LogP contribution >= 0.6 is 0 Å². The first-order valence-corrected chi connectivity index (χ1v) is 5.25. The Bertz CT molecular complexity index is 341. The molecule has 0 aliphatic rings. The Morgan fingerprint density at radius 2 is 2.33 bits per heavy atom. The van der Waals surface area contributed by atoms with Crippen LogP contribution in [0.4, 0.5) is 0 Å². The maximum Gasteiger partial charge on any atom is 0.152 e. The van der Waals surface area contributed by atoms with E-state index in [-0.39, 0.29) is 5.78 Å². The van der Waals surface area contributed by atoms with E-state index in [4.69, 9.17) is 5.73 Å². The fraction of sp³-hybridized carbons (Fsp3) is 0.636. The van der Waals surface area contributed by atoms with Gasteiger partial charge in [0.25, 0.3) is 0 Å². The molecule has 1 unspecified atom stereocenters. The van der Waals surface area contributed by atoms with E-state index in [0.717, 1.165) is 12.0 Å². The Balaban J connectivity index is 2.47. The zero-order chi connectivity index (χ0) is 11.5. The maximum absolute atomic E-state index is 11.7. The van der Waals surface area contributed by atoms with Crippen LogP contribution in [-0.4, -0.2) is 21.1 Å². The van der Waals surface area contributed by atoms with E-state index in [9.17, 15) is 4.79 Å². The summed E-state index contributed by atoms with van der Waals surface area (Å²) in [6, 6.07) is 0. The Morgan fingerprint density at radius 3 is 2.80 bits per heavy atom. The van der Waals surface area contributed by atoms with Gasteiger partial charge in [-0.05, 0) is 25.3 Å². The molecule has 1 aromatic rings. The van der Waals surface area contributed by atoms with Crippen molar-refractivity contribution in [2.24, 2.45) is 12.8 Å². The van der Waals surface area contributed by atoms with Crippen molar-refractivity contribution < 1.29 is 4.79 Å². The van der Waals surface area contributed by atoms with E-state index < -0.39 is 5.54 Å². The van der Waals surface area contributed by atoms with Crippen molar-refractivity contribution >= 4 is 5.78 Å². The van der Waals surface area contributed by atoms with Gasteiger partial charge in [-0.25, -0.2) is 0 Å². The fourth-order valence-electron chi connectivity index (χ4n) is 1.34. The average Bonchev–Trinajstić information content (AvgIpc) is 2.60. The number of carbonyl (C=O) groups excluding carboxylic acids is 1. The molecule has 4 heteroatoms. The minimum atomic E-state index is -0.678. The Morgan fingerprint density at radius 1 is 1.67 bits per heavy atom. The van der Waals surface area contributed by atoms with Crippen LogP contribution in [0.3, 0.4) is 0 Å². The van der Waals surface area contributed by atoms with Gasteiger partial charge in [-0.3, -0.25) is 9.48 Å². The fourth-order valence-corrected chi connectivity index (χ4v) is 1.34. The molecule has 0 spiro atoms. The van der Waals surface area contributed by atoms with Crippen molar-refractivity contribution in [1.29, 1.82) is 0 Å². The Kier molecular flexibility index (Phi) is 3.63. The minimum Gasteiger partial charge on any atom is -0.319 e. The van der Waals surface area contributed by atoms with Crippen molar-refractivity contribution in [3.8, 4) is 0 Å². The SMILES string of the molecule is CCC(C)(N)C(=O)CCc1cnn(C)c1. The summed E-state index contributed by atoms with van der Waals surface area (Å²) in [6.45, 7) is 3.72. The molecule has 84 valence electrons. The van der Waals surface area contributed by atoms with Gasteiger partial charge in [0.15, 0.2) is 5.78 Å². The molecule has 2 N–H and O–H groups in total. The number of nitrogens with zero attached hydrogens (tertiary/aromatic N) is 2. The number of ketones is 1. The summed E-state index contributed by atoms with van der Waals surface area (Å²) < 4.78 is 1.74. The summed E-state index contributed by atoms with van der Waals surface area (Å²) in [6.07, 6.45) is 5.60. The number of Topliss-reactive ketones (excluding diaryl/α,β-unsaturated/α-hetero) is 1. The molecular weight excluding hydrogens is 190 g/mol. The summed E-state index contributed by atoms with van der Waals surface area (Å²) in [7, 11) is 1.87. The van der Waals surface area contributed by atoms with Gasteiger partial charge >= 0.3 is 0 Å². The summed E-state index contributed by atoms with van der Waals surface area (Å²) in [5.41, 5.74) is 6.26. The van der Waals surface area contributed by atoms with Crippen LogP contribution in [0.25, 0.3) is 0 Å². The molecule has 1 heterocycles. The van der Waals surface area contributed by atoms with Gasteiger partial charge < -0.3 is 5.73 Å². The second-order valence-corrected chi connectivity index (χ2v) is 4.22. The van der Waals surface area contributed by atoms with Crippen LogP contribution in [0.15, 0.2) is 12.4 Å². The number of hydrogen-bond donors (Lipinski definition) is 1. The van der Waals surface area contributed by atoms with Gasteiger partial charge in [0, 0.05) is 19.7 Å². The smallest absolute Gasteiger partial charge is 0.152 e. The van der Waals surface area contributed by atoms with Crippen molar-refractivity contribution in [3.63, 3.8) is 0 Å². The summed E-state index contributed by atoms with van der Waals surface area (Å²) in [5, 5.41) is 4.05. The standard InChI is InChI=1S/C11H19N3O/c1-4-11(2,12)10(15)6-5-9-7-13-14(3)8-9/h7-8H,4-6,12H2,1-3H3. The first kappa shape index (κ1) is 11.9. The first-order chi connectivity index (χ1) is 6.95. The van der Waals surface area contributed by atoms with Crippen LogP contribution in [0, 0.1) is 0 Å². The molecular formula is C11H19N3O. The third-order valence-electron chi connectivity index (χ3n) is 2.77. The van der Waals surface area contributed by atoms with Gasteiger partial charge in [-0.1, -0.05) is 6.92 Å². The number of hydrogen-bond acceptors (Lipinski definition) is 3. The summed E-state index contributed by atoms with van der Waals surface area (Å²) in [5.74, 6) is 0.119. The molecule has 0 fully saturated rings. The quantitative estimate of drug-likeness (QED) is 0.788. The highest BCUT2D eigenvalue weighted by molar-refractivity contribution is 5.87. The van der Waals surface area contributed by atoms with Crippen LogP contribution in [0.2, 0.25) is 0 Å². The molecule has 0 aliphatic carbocycles. The molecule has 0 amide bonds. The average molecular weight is 209 g/mol. The monoisotopic (exact) mass is 209 g/mol. The molecule has 0 bridgehead atoms. The first-order valence-electron chi connectivity index (χ1n) is 5.25. The molecule has 1 rings (SSSR count). The molecule has 0 saturated heterocycles. The van der Waals surface area contributed by atoms with Gasteiger partial charge in [0.2, 0.25) is 0 Å². The van der Waals surface area contributed by atoms with Crippen molar-refractivity contribution in [2.45, 2.75) is 38.6 Å². The van der Waals surface area contributed by atoms with Crippen molar-refractivity contribution in [1.82, 2.24) is 9.78 Å². The third-order valence-corrected chi connectivity index (χ3v) is 2.77. The zero-order valence-electron chi connectivity index (χ0n) is 9.66. The Hall–Kier alpha value is -1.16. The number of rotatable bonds is 5. The number of aryl methyl sites for hydroxylation is 2. The lowest BCUT2D eigenvalue weighted by molar-refractivity contribution is -0.123. The van der Waals surface area contributed by atoms with Gasteiger partial charge in [0.05, 0.1) is 11.7 Å². The molecule has 15 heavy (non-hydrogen) atoms. The maximum atomic E-state index is 11.7. The summed E-state index contributed by atoms with van der Waals surface area (Å²) in [4.78, 5) is 11.7. The van der Waals surface area contributed by atoms with E-state index in [0.29, 0.717) is 12.8 Å². The van der Waals surface area contributed by atoms with E-state index in [1.54, 1.807) is 17.8 Å². The Labute approximate surface area is 90.5 Å². The van der Waals surface area contributed by atoms with E-state index in [1.807, 2.05) is 20.2 Å². The molecule has 0 saturated carbocycles. The normalized spacial score (nSPS) is 14.9. The van der Waals surface area contributed by atoms with Gasteiger partial charge in [-0.2, -0.15) is 5.10 Å².